The average Bonchev–Trinajstić information content (AvgIpc) is 2.49. The summed E-state index contributed by atoms with van der Waals surface area (Å²) >= 11 is 0. The van der Waals surface area contributed by atoms with Crippen LogP contribution in [0.2, 0.25) is 0 Å². The molecule has 3 N–H and O–H groups in total. The maximum Gasteiger partial charge on any atom is 0.107 e. The second-order valence-corrected chi connectivity index (χ2v) is 4.91. The number of aliphatic hydroxyl groups excluding tert-OH is 1. The van der Waals surface area contributed by atoms with E-state index in [0.717, 1.165) is 19.5 Å². The Morgan fingerprint density at radius 3 is 2.10 bits per heavy atom. The Morgan fingerprint density at radius 2 is 1.48 bits per heavy atom. The largest absolute Gasteiger partial charge is 0.379 e. The van der Waals surface area contributed by atoms with Crippen LogP contribution in [0.3, 0.4) is 0 Å². The van der Waals surface area contributed by atoms with Crippen molar-refractivity contribution in [1.82, 2.24) is 10.6 Å². The van der Waals surface area contributed by atoms with Crippen molar-refractivity contribution in [2.24, 2.45) is 0 Å². The first-order valence-electron chi connectivity index (χ1n) is 8.10. The summed E-state index contributed by atoms with van der Waals surface area (Å²) in [5.41, 5.74) is 0. The SMILES string of the molecule is CCCCCNC(O)CCOCCOCCOCCNC. The first-order chi connectivity index (χ1) is 10.3. The van der Waals surface area contributed by atoms with Crippen molar-refractivity contribution in [2.45, 2.75) is 38.8 Å². The zero-order valence-corrected chi connectivity index (χ0v) is 13.7. The van der Waals surface area contributed by atoms with E-state index in [1.807, 2.05) is 7.05 Å². The molecule has 0 aromatic rings. The van der Waals surface area contributed by atoms with Gasteiger partial charge in [0.15, 0.2) is 0 Å². The highest BCUT2D eigenvalue weighted by Crippen LogP contribution is 1.94. The van der Waals surface area contributed by atoms with Gasteiger partial charge in [-0.25, -0.2) is 0 Å². The standard InChI is InChI=1S/C15H34N2O4/c1-3-4-5-7-17-15(18)6-9-19-11-13-21-14-12-20-10-8-16-2/h15-18H,3-14H2,1-2H3. The minimum Gasteiger partial charge on any atom is -0.379 e. The first kappa shape index (κ1) is 20.8. The van der Waals surface area contributed by atoms with E-state index in [4.69, 9.17) is 14.2 Å². The van der Waals surface area contributed by atoms with E-state index in [1.165, 1.54) is 12.8 Å². The third kappa shape index (κ3) is 17.7. The van der Waals surface area contributed by atoms with E-state index in [0.29, 0.717) is 46.1 Å². The van der Waals surface area contributed by atoms with Crippen LogP contribution in [0.15, 0.2) is 0 Å². The molecule has 21 heavy (non-hydrogen) atoms. The fourth-order valence-corrected chi connectivity index (χ4v) is 1.66. The van der Waals surface area contributed by atoms with Gasteiger partial charge in [0.2, 0.25) is 0 Å². The zero-order chi connectivity index (χ0) is 15.6. The third-order valence-electron chi connectivity index (χ3n) is 2.94. The molecule has 0 aromatic heterocycles. The van der Waals surface area contributed by atoms with E-state index in [-0.39, 0.29) is 0 Å². The summed E-state index contributed by atoms with van der Waals surface area (Å²) in [6.45, 7) is 7.47. The van der Waals surface area contributed by atoms with E-state index in [9.17, 15) is 5.11 Å². The fraction of sp³-hybridized carbons (Fsp3) is 1.00. The zero-order valence-electron chi connectivity index (χ0n) is 13.7. The van der Waals surface area contributed by atoms with Crippen LogP contribution in [0.1, 0.15) is 32.6 Å². The molecule has 0 aromatic carbocycles. The molecule has 0 saturated heterocycles. The summed E-state index contributed by atoms with van der Waals surface area (Å²) in [5, 5.41) is 15.7. The number of nitrogens with one attached hydrogen (secondary N) is 2. The van der Waals surface area contributed by atoms with Crippen molar-refractivity contribution in [3.8, 4) is 0 Å². The molecule has 1 atom stereocenters. The summed E-state index contributed by atoms with van der Waals surface area (Å²) in [6.07, 6.45) is 3.65. The van der Waals surface area contributed by atoms with Gasteiger partial charge in [-0.1, -0.05) is 19.8 Å². The lowest BCUT2D eigenvalue weighted by Crippen LogP contribution is -2.30. The third-order valence-corrected chi connectivity index (χ3v) is 2.94. The molecule has 0 spiro atoms. The molecule has 0 amide bonds. The number of likely N-dealkylation sites (N-methyl/N-ethyl adjacent to an activating group) is 1. The highest BCUT2D eigenvalue weighted by Gasteiger charge is 2.02. The van der Waals surface area contributed by atoms with E-state index < -0.39 is 6.23 Å². The van der Waals surface area contributed by atoms with Gasteiger partial charge in [0.1, 0.15) is 6.23 Å². The lowest BCUT2D eigenvalue weighted by molar-refractivity contribution is 0.00601. The Morgan fingerprint density at radius 1 is 0.857 bits per heavy atom. The molecule has 0 saturated carbocycles. The van der Waals surface area contributed by atoms with Gasteiger partial charge in [0.05, 0.1) is 39.6 Å². The molecule has 0 bridgehead atoms. The predicted octanol–water partition coefficient (Wildman–Crippen LogP) is 0.744. The number of aliphatic hydroxyl groups is 1. The second kappa shape index (κ2) is 17.8. The maximum atomic E-state index is 9.65. The van der Waals surface area contributed by atoms with Crippen LogP contribution < -0.4 is 10.6 Å². The Hall–Kier alpha value is -0.240. The highest BCUT2D eigenvalue weighted by atomic mass is 16.5. The van der Waals surface area contributed by atoms with Crippen molar-refractivity contribution in [1.29, 1.82) is 0 Å². The van der Waals surface area contributed by atoms with Crippen LogP contribution >= 0.6 is 0 Å². The van der Waals surface area contributed by atoms with Crippen LogP contribution in [-0.2, 0) is 14.2 Å². The van der Waals surface area contributed by atoms with E-state index in [2.05, 4.69) is 17.6 Å². The molecule has 0 fully saturated rings. The predicted molar refractivity (Wildman–Crippen MR) is 84.5 cm³/mol. The summed E-state index contributed by atoms with van der Waals surface area (Å²) in [4.78, 5) is 0. The van der Waals surface area contributed by atoms with Crippen molar-refractivity contribution < 1.29 is 19.3 Å². The number of rotatable bonds is 17. The van der Waals surface area contributed by atoms with Crippen LogP contribution in [0.4, 0.5) is 0 Å². The van der Waals surface area contributed by atoms with Crippen LogP contribution in [0.5, 0.6) is 0 Å². The van der Waals surface area contributed by atoms with Gasteiger partial charge >= 0.3 is 0 Å². The van der Waals surface area contributed by atoms with Gasteiger partial charge in [-0.15, -0.1) is 0 Å². The number of hydrogen-bond acceptors (Lipinski definition) is 6. The molecular formula is C15H34N2O4. The quantitative estimate of drug-likeness (QED) is 0.272. The number of ether oxygens (including phenoxy) is 3. The van der Waals surface area contributed by atoms with E-state index >= 15 is 0 Å². The Labute approximate surface area is 129 Å². The molecule has 0 aliphatic carbocycles. The Bertz CT molecular complexity index is 197. The monoisotopic (exact) mass is 306 g/mol. The second-order valence-electron chi connectivity index (χ2n) is 4.91. The van der Waals surface area contributed by atoms with Gasteiger partial charge in [0, 0.05) is 13.0 Å². The van der Waals surface area contributed by atoms with Crippen LogP contribution in [-0.4, -0.2) is 71.1 Å². The molecular weight excluding hydrogens is 272 g/mol. The van der Waals surface area contributed by atoms with Crippen molar-refractivity contribution >= 4 is 0 Å². The average molecular weight is 306 g/mol. The molecule has 0 heterocycles. The van der Waals surface area contributed by atoms with Crippen LogP contribution in [0.25, 0.3) is 0 Å². The first-order valence-corrected chi connectivity index (χ1v) is 8.10. The lowest BCUT2D eigenvalue weighted by Gasteiger charge is -2.12. The summed E-state index contributed by atoms with van der Waals surface area (Å²) in [6, 6.07) is 0. The molecule has 128 valence electrons. The highest BCUT2D eigenvalue weighted by molar-refractivity contribution is 4.53. The maximum absolute atomic E-state index is 9.65. The van der Waals surface area contributed by atoms with Crippen LogP contribution in [0, 0.1) is 0 Å². The molecule has 6 heteroatoms. The Kier molecular flexibility index (Phi) is 17.6. The minimum absolute atomic E-state index is 0.469. The van der Waals surface area contributed by atoms with Crippen molar-refractivity contribution in [3.63, 3.8) is 0 Å². The van der Waals surface area contributed by atoms with Gasteiger partial charge < -0.3 is 24.6 Å². The van der Waals surface area contributed by atoms with Gasteiger partial charge in [0.25, 0.3) is 0 Å². The normalized spacial score (nSPS) is 12.7. The smallest absolute Gasteiger partial charge is 0.107 e. The molecule has 0 radical (unpaired) electrons. The summed E-state index contributed by atoms with van der Waals surface area (Å²) < 4.78 is 16.1. The van der Waals surface area contributed by atoms with Gasteiger partial charge in [-0.3, -0.25) is 5.32 Å². The van der Waals surface area contributed by atoms with E-state index in [1.54, 1.807) is 0 Å². The minimum atomic E-state index is -0.469. The van der Waals surface area contributed by atoms with Gasteiger partial charge in [-0.05, 0) is 20.0 Å². The molecule has 0 rings (SSSR count). The number of hydrogen-bond donors (Lipinski definition) is 3. The summed E-state index contributed by atoms with van der Waals surface area (Å²) in [7, 11) is 1.90. The van der Waals surface area contributed by atoms with Gasteiger partial charge in [-0.2, -0.15) is 0 Å². The lowest BCUT2D eigenvalue weighted by atomic mass is 10.2. The number of unbranched alkanes of at least 4 members (excludes halogenated alkanes) is 2. The molecule has 1 unspecified atom stereocenters. The molecule has 0 aliphatic heterocycles. The fourth-order valence-electron chi connectivity index (χ4n) is 1.66. The van der Waals surface area contributed by atoms with Crippen molar-refractivity contribution in [3.05, 3.63) is 0 Å². The Balaban J connectivity index is 3.07. The molecule has 6 nitrogen and oxygen atoms in total. The topological polar surface area (TPSA) is 72.0 Å². The molecule has 0 aliphatic rings. The summed E-state index contributed by atoms with van der Waals surface area (Å²) in [5.74, 6) is 0. The van der Waals surface area contributed by atoms with Crippen molar-refractivity contribution in [2.75, 3.05) is 59.8 Å².